The lowest BCUT2D eigenvalue weighted by molar-refractivity contribution is 0.0950. The number of aromatic nitrogens is 1. The topological polar surface area (TPSA) is 55.1 Å². The third-order valence-corrected chi connectivity index (χ3v) is 4.68. The maximum atomic E-state index is 12.3. The standard InChI is InChI=1S/C18H16N2O2S/c21-17(19-13-9-10-13)14-6-2-1-5-12(14)11-23-18-20-15-7-3-4-8-16(15)22-18/h1-8,13H,9-11H2,(H,19,21). The minimum absolute atomic E-state index is 0.0151. The molecule has 0 spiro atoms. The van der Waals surface area contributed by atoms with Gasteiger partial charge in [-0.1, -0.05) is 42.1 Å². The van der Waals surface area contributed by atoms with E-state index in [-0.39, 0.29) is 5.91 Å². The smallest absolute Gasteiger partial charge is 0.257 e. The van der Waals surface area contributed by atoms with E-state index in [2.05, 4.69) is 10.3 Å². The van der Waals surface area contributed by atoms with Crippen LogP contribution in [0.25, 0.3) is 11.1 Å². The maximum absolute atomic E-state index is 12.3. The molecule has 4 rings (SSSR count). The second-order valence-electron chi connectivity index (χ2n) is 5.64. The van der Waals surface area contributed by atoms with Crippen LogP contribution in [-0.4, -0.2) is 16.9 Å². The van der Waals surface area contributed by atoms with Gasteiger partial charge in [0.15, 0.2) is 5.58 Å². The third-order valence-electron chi connectivity index (χ3n) is 3.80. The Morgan fingerprint density at radius 2 is 1.96 bits per heavy atom. The Bertz CT molecular complexity index is 822. The molecule has 1 aliphatic carbocycles. The predicted octanol–water partition coefficient (Wildman–Crippen LogP) is 4.01. The monoisotopic (exact) mass is 324 g/mol. The van der Waals surface area contributed by atoms with E-state index in [0.29, 0.717) is 17.0 Å². The SMILES string of the molecule is O=C(NC1CC1)c1ccccc1CSc1nc2ccccc2o1. The molecule has 0 unspecified atom stereocenters. The number of nitrogens with one attached hydrogen (secondary N) is 1. The highest BCUT2D eigenvalue weighted by molar-refractivity contribution is 7.98. The summed E-state index contributed by atoms with van der Waals surface area (Å²) in [7, 11) is 0. The van der Waals surface area contributed by atoms with Gasteiger partial charge < -0.3 is 9.73 Å². The first-order valence-electron chi connectivity index (χ1n) is 7.67. The molecule has 0 bridgehead atoms. The number of oxazole rings is 1. The van der Waals surface area contributed by atoms with Gasteiger partial charge in [0.2, 0.25) is 0 Å². The predicted molar refractivity (Wildman–Crippen MR) is 90.5 cm³/mol. The van der Waals surface area contributed by atoms with Crippen molar-refractivity contribution in [2.75, 3.05) is 0 Å². The molecule has 1 fully saturated rings. The van der Waals surface area contributed by atoms with E-state index in [1.54, 1.807) is 0 Å². The lowest BCUT2D eigenvalue weighted by Crippen LogP contribution is -2.26. The fourth-order valence-corrected chi connectivity index (χ4v) is 3.25. The number of carbonyl (C=O) groups excluding carboxylic acids is 1. The molecule has 116 valence electrons. The summed E-state index contributed by atoms with van der Waals surface area (Å²) < 4.78 is 5.72. The van der Waals surface area contributed by atoms with E-state index in [9.17, 15) is 4.79 Å². The maximum Gasteiger partial charge on any atom is 0.257 e. The summed E-state index contributed by atoms with van der Waals surface area (Å²) in [6.07, 6.45) is 2.18. The number of fused-ring (bicyclic) bond motifs is 1. The van der Waals surface area contributed by atoms with Crippen LogP contribution in [0, 0.1) is 0 Å². The molecular weight excluding hydrogens is 308 g/mol. The van der Waals surface area contributed by atoms with E-state index in [0.717, 1.165) is 35.1 Å². The van der Waals surface area contributed by atoms with Crippen LogP contribution in [0.2, 0.25) is 0 Å². The molecule has 1 heterocycles. The molecule has 23 heavy (non-hydrogen) atoms. The Kier molecular flexibility index (Phi) is 3.79. The first kappa shape index (κ1) is 14.3. The third kappa shape index (κ3) is 3.24. The number of amides is 1. The van der Waals surface area contributed by atoms with Crippen LogP contribution in [0.1, 0.15) is 28.8 Å². The summed E-state index contributed by atoms with van der Waals surface area (Å²) in [5.41, 5.74) is 3.38. The summed E-state index contributed by atoms with van der Waals surface area (Å²) in [6, 6.07) is 15.8. The van der Waals surface area contributed by atoms with Crippen molar-refractivity contribution in [1.82, 2.24) is 10.3 Å². The molecule has 4 nitrogen and oxygen atoms in total. The lowest BCUT2D eigenvalue weighted by Gasteiger charge is -2.08. The molecule has 0 atom stereocenters. The van der Waals surface area contributed by atoms with Crippen molar-refractivity contribution in [3.8, 4) is 0 Å². The first-order chi connectivity index (χ1) is 11.3. The molecule has 0 aliphatic heterocycles. The molecule has 5 heteroatoms. The van der Waals surface area contributed by atoms with Crippen molar-refractivity contribution < 1.29 is 9.21 Å². The minimum Gasteiger partial charge on any atom is -0.431 e. The number of nitrogens with zero attached hydrogens (tertiary/aromatic N) is 1. The Hall–Kier alpha value is -2.27. The summed E-state index contributed by atoms with van der Waals surface area (Å²) in [6.45, 7) is 0. The summed E-state index contributed by atoms with van der Waals surface area (Å²) >= 11 is 1.51. The van der Waals surface area contributed by atoms with Gasteiger partial charge in [-0.2, -0.15) is 0 Å². The normalized spacial score (nSPS) is 14.1. The van der Waals surface area contributed by atoms with Crippen molar-refractivity contribution in [2.24, 2.45) is 0 Å². The first-order valence-corrected chi connectivity index (χ1v) is 8.65. The Labute approximate surface area is 138 Å². The van der Waals surface area contributed by atoms with Gasteiger partial charge >= 0.3 is 0 Å². The van der Waals surface area contributed by atoms with Gasteiger partial charge in [-0.15, -0.1) is 0 Å². The largest absolute Gasteiger partial charge is 0.431 e. The van der Waals surface area contributed by atoms with Gasteiger partial charge in [-0.05, 0) is 36.6 Å². The molecule has 2 aromatic carbocycles. The number of thioether (sulfide) groups is 1. The zero-order valence-corrected chi connectivity index (χ0v) is 13.3. The highest BCUT2D eigenvalue weighted by atomic mass is 32.2. The number of benzene rings is 2. The van der Waals surface area contributed by atoms with Crippen LogP contribution in [0.4, 0.5) is 0 Å². The zero-order chi connectivity index (χ0) is 15.6. The van der Waals surface area contributed by atoms with Gasteiger partial charge in [0.05, 0.1) is 0 Å². The fraction of sp³-hybridized carbons (Fsp3) is 0.222. The van der Waals surface area contributed by atoms with Crippen LogP contribution in [0.5, 0.6) is 0 Å². The lowest BCUT2D eigenvalue weighted by atomic mass is 10.1. The van der Waals surface area contributed by atoms with Crippen LogP contribution in [0.3, 0.4) is 0 Å². The number of rotatable bonds is 5. The molecule has 0 saturated heterocycles. The second-order valence-corrected chi connectivity index (χ2v) is 6.57. The van der Waals surface area contributed by atoms with Gasteiger partial charge in [0.25, 0.3) is 11.1 Å². The molecule has 0 radical (unpaired) electrons. The number of hydrogen-bond acceptors (Lipinski definition) is 4. The van der Waals surface area contributed by atoms with Gasteiger partial charge in [0, 0.05) is 17.4 Å². The summed E-state index contributed by atoms with van der Waals surface area (Å²) in [5, 5.41) is 3.67. The average molecular weight is 324 g/mol. The Balaban J connectivity index is 1.50. The summed E-state index contributed by atoms with van der Waals surface area (Å²) in [4.78, 5) is 16.8. The van der Waals surface area contributed by atoms with E-state index in [4.69, 9.17) is 4.42 Å². The van der Waals surface area contributed by atoms with Crippen LogP contribution >= 0.6 is 11.8 Å². The van der Waals surface area contributed by atoms with Crippen molar-refractivity contribution >= 4 is 28.8 Å². The minimum atomic E-state index is 0.0151. The molecule has 3 aromatic rings. The van der Waals surface area contributed by atoms with E-state index in [1.165, 1.54) is 11.8 Å². The molecule has 1 aromatic heterocycles. The van der Waals surface area contributed by atoms with E-state index in [1.807, 2.05) is 48.5 Å². The Morgan fingerprint density at radius 1 is 1.17 bits per heavy atom. The number of carbonyl (C=O) groups is 1. The fourth-order valence-electron chi connectivity index (χ4n) is 2.41. The zero-order valence-electron chi connectivity index (χ0n) is 12.5. The van der Waals surface area contributed by atoms with Crippen molar-refractivity contribution in [3.63, 3.8) is 0 Å². The van der Waals surface area contributed by atoms with Crippen molar-refractivity contribution in [3.05, 3.63) is 59.7 Å². The average Bonchev–Trinajstić information content (AvgIpc) is 3.29. The quantitative estimate of drug-likeness (QED) is 0.720. The van der Waals surface area contributed by atoms with Crippen molar-refractivity contribution in [1.29, 1.82) is 0 Å². The van der Waals surface area contributed by atoms with Crippen LogP contribution < -0.4 is 5.32 Å². The molecule has 1 aliphatic rings. The highest BCUT2D eigenvalue weighted by Crippen LogP contribution is 2.27. The van der Waals surface area contributed by atoms with E-state index < -0.39 is 0 Å². The highest BCUT2D eigenvalue weighted by Gasteiger charge is 2.24. The van der Waals surface area contributed by atoms with E-state index >= 15 is 0 Å². The van der Waals surface area contributed by atoms with Gasteiger partial charge in [0.1, 0.15) is 5.52 Å². The van der Waals surface area contributed by atoms with Gasteiger partial charge in [-0.3, -0.25) is 4.79 Å². The van der Waals surface area contributed by atoms with Gasteiger partial charge in [-0.25, -0.2) is 4.98 Å². The number of hydrogen-bond donors (Lipinski definition) is 1. The van der Waals surface area contributed by atoms with Crippen LogP contribution in [-0.2, 0) is 5.75 Å². The summed E-state index contributed by atoms with van der Waals surface area (Å²) in [5.74, 6) is 0.669. The molecule has 1 saturated carbocycles. The number of para-hydroxylation sites is 2. The molecular formula is C18H16N2O2S. The van der Waals surface area contributed by atoms with Crippen molar-refractivity contribution in [2.45, 2.75) is 29.9 Å². The second kappa shape index (κ2) is 6.08. The molecule has 1 N–H and O–H groups in total. The Morgan fingerprint density at radius 3 is 2.78 bits per heavy atom. The van der Waals surface area contributed by atoms with Crippen LogP contribution in [0.15, 0.2) is 58.2 Å². The molecule has 1 amide bonds.